The van der Waals surface area contributed by atoms with Gasteiger partial charge in [0.05, 0.1) is 7.06 Å². The van der Waals surface area contributed by atoms with E-state index in [1.807, 2.05) is 0 Å². The van der Waals surface area contributed by atoms with Crippen LogP contribution in [-0.4, -0.2) is 21.3 Å². The largest absolute Gasteiger partial charge is 0.386 e. The lowest BCUT2D eigenvalue weighted by Gasteiger charge is -2.19. The molecule has 2 N–H and O–H groups in total. The first-order valence-corrected chi connectivity index (χ1v) is 3.66. The van der Waals surface area contributed by atoms with E-state index in [2.05, 4.69) is 4.98 Å². The van der Waals surface area contributed by atoms with E-state index in [-0.39, 0.29) is 0 Å². The normalized spacial score (nSPS) is 34.2. The van der Waals surface area contributed by atoms with Crippen LogP contribution in [0.15, 0.2) is 24.4 Å². The molecule has 0 saturated carbocycles. The molecule has 0 bridgehead atoms. The van der Waals surface area contributed by atoms with Crippen molar-refractivity contribution in [2.75, 3.05) is 0 Å². The van der Waals surface area contributed by atoms with Crippen molar-refractivity contribution in [1.29, 1.82) is 0 Å². The first kappa shape index (κ1) is 6.34. The highest BCUT2D eigenvalue weighted by Crippen LogP contribution is 2.25. The predicted molar refractivity (Wildman–Crippen MR) is 44.2 cm³/mol. The van der Waals surface area contributed by atoms with E-state index in [1.165, 1.54) is 12.3 Å². The average Bonchev–Trinajstić information content (AvgIpc) is 2.13. The van der Waals surface area contributed by atoms with Crippen LogP contribution in [0.3, 0.4) is 0 Å². The van der Waals surface area contributed by atoms with Gasteiger partial charge in [-0.05, 0) is 11.6 Å². The maximum Gasteiger partial charge on any atom is 0.126 e. The highest BCUT2D eigenvalue weighted by Gasteiger charge is 2.22. The Labute approximate surface area is 71.4 Å². The fourth-order valence-electron chi connectivity index (χ4n) is 1.21. The van der Waals surface area contributed by atoms with Crippen LogP contribution in [0.1, 0.15) is 18.7 Å². The Morgan fingerprint density at radius 1 is 1.50 bits per heavy atom. The summed E-state index contributed by atoms with van der Waals surface area (Å²) >= 11 is 0. The molecule has 0 unspecified atom stereocenters. The quantitative estimate of drug-likeness (QED) is 0.587. The number of hydrogen-bond acceptors (Lipinski definition) is 3. The molecule has 0 radical (unpaired) electrons. The van der Waals surface area contributed by atoms with Crippen LogP contribution in [0.2, 0.25) is 0 Å². The third-order valence-corrected chi connectivity index (χ3v) is 1.84. The molecule has 1 heterocycles. The third kappa shape index (κ3) is 1.03. The fourth-order valence-corrected chi connectivity index (χ4v) is 1.21. The molecule has 12 heavy (non-hydrogen) atoms. The molecular weight excluding hydrogens is 154 g/mol. The van der Waals surface area contributed by atoms with Gasteiger partial charge in [-0.25, -0.2) is 0 Å². The minimum Gasteiger partial charge on any atom is -0.386 e. The monoisotopic (exact) mass is 164 g/mol. The molecule has 3 heteroatoms. The van der Waals surface area contributed by atoms with Gasteiger partial charge in [0.2, 0.25) is 0 Å². The van der Waals surface area contributed by atoms with E-state index in [9.17, 15) is 10.2 Å². The Hall–Kier alpha value is -1.19. The predicted octanol–water partition coefficient (Wildman–Crippen LogP) is 0.503. The van der Waals surface area contributed by atoms with Gasteiger partial charge in [0.15, 0.2) is 0 Å². The zero-order valence-electron chi connectivity index (χ0n) is 7.31. The number of aliphatic hydroxyl groups excluding tert-OH is 1. The highest BCUT2D eigenvalue weighted by atomic mass is 16.3. The lowest BCUT2D eigenvalue weighted by molar-refractivity contribution is 0.0440. The van der Waals surface area contributed by atoms with Gasteiger partial charge in [0.1, 0.15) is 12.2 Å². The van der Waals surface area contributed by atoms with Gasteiger partial charge in [0, 0.05) is 6.20 Å². The highest BCUT2D eigenvalue weighted by molar-refractivity contribution is 5.55. The first-order chi connectivity index (χ1) is 6.11. The molecule has 0 aromatic carbocycles. The Kier molecular flexibility index (Phi) is 1.42. The SMILES string of the molecule is [2H][C@]1(O)C=Cc2cccnc2[C@@H]1O. The van der Waals surface area contributed by atoms with Crippen molar-refractivity contribution in [2.45, 2.75) is 12.2 Å². The minimum absolute atomic E-state index is 0.350. The maximum atomic E-state index is 9.54. The molecule has 0 amide bonds. The van der Waals surface area contributed by atoms with Crippen LogP contribution < -0.4 is 0 Å². The second kappa shape index (κ2) is 2.69. The number of rotatable bonds is 0. The number of aromatic nitrogens is 1. The van der Waals surface area contributed by atoms with Crippen LogP contribution in [0.5, 0.6) is 0 Å². The lowest BCUT2D eigenvalue weighted by atomic mass is 9.98. The van der Waals surface area contributed by atoms with Crippen LogP contribution in [0.4, 0.5) is 0 Å². The number of pyridine rings is 1. The molecule has 1 aromatic heterocycles. The van der Waals surface area contributed by atoms with Crippen molar-refractivity contribution in [3.63, 3.8) is 0 Å². The van der Waals surface area contributed by atoms with Crippen molar-refractivity contribution in [3.05, 3.63) is 35.7 Å². The molecule has 2 rings (SSSR count). The summed E-state index contributed by atoms with van der Waals surface area (Å²) in [7, 11) is 0. The molecule has 62 valence electrons. The molecule has 1 aliphatic rings. The molecule has 0 saturated heterocycles. The van der Waals surface area contributed by atoms with E-state index in [1.54, 1.807) is 18.2 Å². The number of nitrogens with zero attached hydrogens (tertiary/aromatic N) is 1. The van der Waals surface area contributed by atoms with E-state index < -0.39 is 12.2 Å². The van der Waals surface area contributed by atoms with Gasteiger partial charge < -0.3 is 10.2 Å². The Bertz CT molecular complexity index is 362. The van der Waals surface area contributed by atoms with Gasteiger partial charge in [-0.3, -0.25) is 4.98 Å². The van der Waals surface area contributed by atoms with Gasteiger partial charge in [-0.15, -0.1) is 0 Å². The molecule has 3 nitrogen and oxygen atoms in total. The molecular formula is C9H9NO2. The lowest BCUT2D eigenvalue weighted by Crippen LogP contribution is -2.20. The van der Waals surface area contributed by atoms with Crippen molar-refractivity contribution >= 4 is 6.08 Å². The van der Waals surface area contributed by atoms with Gasteiger partial charge >= 0.3 is 0 Å². The Morgan fingerprint density at radius 3 is 3.17 bits per heavy atom. The number of aliphatic hydroxyl groups is 2. The smallest absolute Gasteiger partial charge is 0.126 e. The minimum atomic E-state index is -1.96. The maximum absolute atomic E-state index is 9.54. The molecule has 1 aromatic rings. The van der Waals surface area contributed by atoms with E-state index in [0.717, 1.165) is 5.56 Å². The standard InChI is InChI=1S/C9H9NO2/c11-7-4-3-6-2-1-5-10-8(6)9(7)12/h1-5,7,9,11-12H/t7-,9+/m0/s1/i7D. The summed E-state index contributed by atoms with van der Waals surface area (Å²) in [6.45, 7) is 0. The van der Waals surface area contributed by atoms with Gasteiger partial charge in [-0.2, -0.15) is 0 Å². The van der Waals surface area contributed by atoms with E-state index >= 15 is 0 Å². The van der Waals surface area contributed by atoms with E-state index in [4.69, 9.17) is 1.37 Å². The van der Waals surface area contributed by atoms with Crippen LogP contribution in [-0.2, 0) is 0 Å². The number of fused-ring (bicyclic) bond motifs is 1. The van der Waals surface area contributed by atoms with Crippen LogP contribution in [0, 0.1) is 0 Å². The zero-order valence-corrected chi connectivity index (χ0v) is 6.31. The fraction of sp³-hybridized carbons (Fsp3) is 0.222. The summed E-state index contributed by atoms with van der Waals surface area (Å²) < 4.78 is 7.34. The average molecular weight is 164 g/mol. The van der Waals surface area contributed by atoms with Gasteiger partial charge in [-0.1, -0.05) is 18.2 Å². The first-order valence-electron chi connectivity index (χ1n) is 4.16. The third-order valence-electron chi connectivity index (χ3n) is 1.84. The second-order valence-corrected chi connectivity index (χ2v) is 2.64. The molecule has 2 atom stereocenters. The molecule has 0 aliphatic heterocycles. The summed E-state index contributed by atoms with van der Waals surface area (Å²) in [5, 5.41) is 18.9. The summed E-state index contributed by atoms with van der Waals surface area (Å²) in [4.78, 5) is 3.91. The zero-order chi connectivity index (χ0) is 9.47. The van der Waals surface area contributed by atoms with Crippen molar-refractivity contribution in [2.24, 2.45) is 0 Å². The van der Waals surface area contributed by atoms with Crippen molar-refractivity contribution < 1.29 is 11.6 Å². The van der Waals surface area contributed by atoms with Crippen LogP contribution in [0.25, 0.3) is 6.08 Å². The topological polar surface area (TPSA) is 53.4 Å². The molecule has 1 aliphatic carbocycles. The van der Waals surface area contributed by atoms with Crippen molar-refractivity contribution in [3.8, 4) is 0 Å². The summed E-state index contributed by atoms with van der Waals surface area (Å²) in [6, 6.07) is 3.52. The van der Waals surface area contributed by atoms with E-state index in [0.29, 0.717) is 5.69 Å². The second-order valence-electron chi connectivity index (χ2n) is 2.64. The van der Waals surface area contributed by atoms with Crippen LogP contribution >= 0.6 is 0 Å². The molecule has 0 spiro atoms. The summed E-state index contributed by atoms with van der Waals surface area (Å²) in [6.07, 6.45) is 1.14. The molecule has 0 fully saturated rings. The van der Waals surface area contributed by atoms with Gasteiger partial charge in [0.25, 0.3) is 0 Å². The summed E-state index contributed by atoms with van der Waals surface area (Å²) in [5.41, 5.74) is 1.09. The number of hydrogen-bond donors (Lipinski definition) is 2. The summed E-state index contributed by atoms with van der Waals surface area (Å²) in [5.74, 6) is 0. The van der Waals surface area contributed by atoms with Crippen molar-refractivity contribution in [1.82, 2.24) is 4.98 Å². The Balaban J connectivity index is 2.55. The Morgan fingerprint density at radius 2 is 2.33 bits per heavy atom.